The smallest absolute Gasteiger partial charge is 0.194 e. The molecule has 0 saturated carbocycles. The minimum absolute atomic E-state index is 0.250. The summed E-state index contributed by atoms with van der Waals surface area (Å²) in [5, 5.41) is 0. The first-order valence-corrected chi connectivity index (χ1v) is 5.12. The molecule has 4 heteroatoms. The SMILES string of the molecule is CCCC(OC)C(=O)c1cc(F)ccc1F. The molecule has 16 heavy (non-hydrogen) atoms. The van der Waals surface area contributed by atoms with Crippen LogP contribution in [-0.2, 0) is 4.74 Å². The first-order chi connectivity index (χ1) is 7.60. The molecule has 1 aromatic carbocycles. The number of ether oxygens (including phenoxy) is 1. The van der Waals surface area contributed by atoms with E-state index in [4.69, 9.17) is 4.74 Å². The first kappa shape index (κ1) is 12.8. The van der Waals surface area contributed by atoms with Gasteiger partial charge in [0.25, 0.3) is 0 Å². The molecular formula is C12H14F2O2. The molecule has 0 aliphatic heterocycles. The van der Waals surface area contributed by atoms with Crippen LogP contribution in [0, 0.1) is 11.6 Å². The van der Waals surface area contributed by atoms with E-state index in [2.05, 4.69) is 0 Å². The van der Waals surface area contributed by atoms with Crippen LogP contribution < -0.4 is 0 Å². The van der Waals surface area contributed by atoms with Gasteiger partial charge >= 0.3 is 0 Å². The van der Waals surface area contributed by atoms with Gasteiger partial charge in [-0.25, -0.2) is 8.78 Å². The van der Waals surface area contributed by atoms with E-state index in [-0.39, 0.29) is 5.56 Å². The van der Waals surface area contributed by atoms with E-state index in [0.29, 0.717) is 6.42 Å². The van der Waals surface area contributed by atoms with Gasteiger partial charge in [0, 0.05) is 7.11 Å². The lowest BCUT2D eigenvalue weighted by Gasteiger charge is -2.13. The molecule has 0 amide bonds. The molecule has 0 fully saturated rings. The molecule has 0 heterocycles. The summed E-state index contributed by atoms with van der Waals surface area (Å²) in [5.41, 5.74) is -0.250. The van der Waals surface area contributed by atoms with Crippen molar-refractivity contribution in [2.45, 2.75) is 25.9 Å². The van der Waals surface area contributed by atoms with Crippen molar-refractivity contribution < 1.29 is 18.3 Å². The summed E-state index contributed by atoms with van der Waals surface area (Å²) < 4.78 is 31.2. The monoisotopic (exact) mass is 228 g/mol. The van der Waals surface area contributed by atoms with Crippen LogP contribution in [0.15, 0.2) is 18.2 Å². The van der Waals surface area contributed by atoms with Gasteiger partial charge in [-0.3, -0.25) is 4.79 Å². The highest BCUT2D eigenvalue weighted by atomic mass is 19.1. The Kier molecular flexibility index (Phi) is 4.55. The van der Waals surface area contributed by atoms with Crippen molar-refractivity contribution >= 4 is 5.78 Å². The molecule has 0 aromatic heterocycles. The third-order valence-electron chi connectivity index (χ3n) is 2.32. The third-order valence-corrected chi connectivity index (χ3v) is 2.32. The van der Waals surface area contributed by atoms with Crippen LogP contribution in [0.25, 0.3) is 0 Å². The molecule has 1 unspecified atom stereocenters. The van der Waals surface area contributed by atoms with Crippen LogP contribution in [0.5, 0.6) is 0 Å². The van der Waals surface area contributed by atoms with Gasteiger partial charge in [-0.2, -0.15) is 0 Å². The Labute approximate surface area is 93.2 Å². The second kappa shape index (κ2) is 5.70. The molecule has 0 N–H and O–H groups in total. The Bertz CT molecular complexity index is 377. The van der Waals surface area contributed by atoms with Gasteiger partial charge in [0.1, 0.15) is 17.7 Å². The van der Waals surface area contributed by atoms with Crippen LogP contribution in [0.1, 0.15) is 30.1 Å². The molecule has 1 atom stereocenters. The van der Waals surface area contributed by atoms with E-state index >= 15 is 0 Å². The van der Waals surface area contributed by atoms with Crippen molar-refractivity contribution in [1.29, 1.82) is 0 Å². The Balaban J connectivity index is 2.98. The number of benzene rings is 1. The molecule has 0 aliphatic rings. The Morgan fingerprint density at radius 2 is 2.12 bits per heavy atom. The second-order valence-corrected chi connectivity index (χ2v) is 3.50. The van der Waals surface area contributed by atoms with Crippen molar-refractivity contribution in [3.63, 3.8) is 0 Å². The number of methoxy groups -OCH3 is 1. The van der Waals surface area contributed by atoms with E-state index in [1.54, 1.807) is 0 Å². The minimum Gasteiger partial charge on any atom is -0.373 e. The molecule has 0 aliphatic carbocycles. The normalized spacial score (nSPS) is 12.5. The van der Waals surface area contributed by atoms with E-state index in [9.17, 15) is 13.6 Å². The van der Waals surface area contributed by atoms with Crippen LogP contribution in [0.3, 0.4) is 0 Å². The highest BCUT2D eigenvalue weighted by Crippen LogP contribution is 2.15. The highest BCUT2D eigenvalue weighted by Gasteiger charge is 2.22. The number of halogens is 2. The number of hydrogen-bond donors (Lipinski definition) is 0. The van der Waals surface area contributed by atoms with Crippen LogP contribution in [-0.4, -0.2) is 19.0 Å². The zero-order chi connectivity index (χ0) is 12.1. The van der Waals surface area contributed by atoms with Crippen molar-refractivity contribution in [1.82, 2.24) is 0 Å². The summed E-state index contributed by atoms with van der Waals surface area (Å²) in [4.78, 5) is 11.8. The van der Waals surface area contributed by atoms with E-state index < -0.39 is 23.5 Å². The van der Waals surface area contributed by atoms with E-state index in [0.717, 1.165) is 24.6 Å². The number of carbonyl (C=O) groups excluding carboxylic acids is 1. The highest BCUT2D eigenvalue weighted by molar-refractivity contribution is 5.99. The van der Waals surface area contributed by atoms with E-state index in [1.165, 1.54) is 7.11 Å². The molecule has 0 radical (unpaired) electrons. The Hall–Kier alpha value is -1.29. The van der Waals surface area contributed by atoms with Gasteiger partial charge < -0.3 is 4.74 Å². The molecule has 1 aromatic rings. The fourth-order valence-electron chi connectivity index (χ4n) is 1.48. The molecular weight excluding hydrogens is 214 g/mol. The van der Waals surface area contributed by atoms with Crippen molar-refractivity contribution in [2.75, 3.05) is 7.11 Å². The summed E-state index contributed by atoms with van der Waals surface area (Å²) in [7, 11) is 1.38. The lowest BCUT2D eigenvalue weighted by Crippen LogP contribution is -2.24. The van der Waals surface area contributed by atoms with Crippen LogP contribution in [0.2, 0.25) is 0 Å². The first-order valence-electron chi connectivity index (χ1n) is 5.12. The predicted molar refractivity (Wildman–Crippen MR) is 56.4 cm³/mol. The standard InChI is InChI=1S/C12H14F2O2/c1-3-4-11(16-2)12(15)9-7-8(13)5-6-10(9)14/h5-7,11H,3-4H2,1-2H3. The predicted octanol–water partition coefficient (Wildman–Crippen LogP) is 2.96. The maximum atomic E-state index is 13.3. The maximum absolute atomic E-state index is 13.3. The molecule has 0 bridgehead atoms. The molecule has 88 valence electrons. The van der Waals surface area contributed by atoms with Gasteiger partial charge in [0.05, 0.1) is 5.56 Å². The number of carbonyl (C=O) groups is 1. The van der Waals surface area contributed by atoms with Crippen LogP contribution in [0.4, 0.5) is 8.78 Å². The summed E-state index contributed by atoms with van der Waals surface area (Å²) in [5.74, 6) is -1.86. The van der Waals surface area contributed by atoms with Crippen molar-refractivity contribution in [3.05, 3.63) is 35.4 Å². The summed E-state index contributed by atoms with van der Waals surface area (Å²) in [6.45, 7) is 1.89. The van der Waals surface area contributed by atoms with Gasteiger partial charge in [-0.1, -0.05) is 13.3 Å². The second-order valence-electron chi connectivity index (χ2n) is 3.50. The zero-order valence-corrected chi connectivity index (χ0v) is 9.30. The van der Waals surface area contributed by atoms with Gasteiger partial charge in [0.15, 0.2) is 5.78 Å². The number of Topliss-reactive ketones (excluding diaryl/α,β-unsaturated/α-hetero) is 1. The minimum atomic E-state index is -0.718. The zero-order valence-electron chi connectivity index (χ0n) is 9.30. The molecule has 0 spiro atoms. The Morgan fingerprint density at radius 3 is 2.69 bits per heavy atom. The molecule has 1 rings (SSSR count). The largest absolute Gasteiger partial charge is 0.373 e. The van der Waals surface area contributed by atoms with Crippen LogP contribution >= 0.6 is 0 Å². The van der Waals surface area contributed by atoms with E-state index in [1.807, 2.05) is 6.92 Å². The van der Waals surface area contributed by atoms with Gasteiger partial charge in [0.2, 0.25) is 0 Å². The lowest BCUT2D eigenvalue weighted by atomic mass is 10.0. The topological polar surface area (TPSA) is 26.3 Å². The quantitative estimate of drug-likeness (QED) is 0.724. The third kappa shape index (κ3) is 2.85. The summed E-state index contributed by atoms with van der Waals surface area (Å²) in [6, 6.07) is 2.83. The summed E-state index contributed by atoms with van der Waals surface area (Å²) >= 11 is 0. The maximum Gasteiger partial charge on any atom is 0.194 e. The van der Waals surface area contributed by atoms with Crippen molar-refractivity contribution in [2.24, 2.45) is 0 Å². The number of rotatable bonds is 5. The Morgan fingerprint density at radius 1 is 1.44 bits per heavy atom. The molecule has 2 nitrogen and oxygen atoms in total. The average molecular weight is 228 g/mol. The fourth-order valence-corrected chi connectivity index (χ4v) is 1.48. The average Bonchev–Trinajstić information content (AvgIpc) is 2.28. The molecule has 0 saturated heterocycles. The number of hydrogen-bond acceptors (Lipinski definition) is 2. The van der Waals surface area contributed by atoms with Crippen molar-refractivity contribution in [3.8, 4) is 0 Å². The van der Waals surface area contributed by atoms with Gasteiger partial charge in [-0.05, 0) is 24.6 Å². The fraction of sp³-hybridized carbons (Fsp3) is 0.417. The van der Waals surface area contributed by atoms with Gasteiger partial charge in [-0.15, -0.1) is 0 Å². The number of ketones is 1. The lowest BCUT2D eigenvalue weighted by molar-refractivity contribution is 0.0574. The summed E-state index contributed by atoms with van der Waals surface area (Å²) in [6.07, 6.45) is 0.522.